The summed E-state index contributed by atoms with van der Waals surface area (Å²) in [6, 6.07) is 21.6. The summed E-state index contributed by atoms with van der Waals surface area (Å²) in [4.78, 5) is 30.8. The van der Waals surface area contributed by atoms with Gasteiger partial charge in [0, 0.05) is 37.0 Å². The second-order valence-corrected chi connectivity index (χ2v) is 9.22. The summed E-state index contributed by atoms with van der Waals surface area (Å²) in [6.07, 6.45) is 0. The third-order valence-corrected chi connectivity index (χ3v) is 7.17. The fourth-order valence-electron chi connectivity index (χ4n) is 5.88. The average Bonchev–Trinajstić information content (AvgIpc) is 3.12. The first kappa shape index (κ1) is 22.4. The van der Waals surface area contributed by atoms with Crippen LogP contribution >= 0.6 is 0 Å². The van der Waals surface area contributed by atoms with Crippen LogP contribution in [0.5, 0.6) is 0 Å². The molecule has 5 rings (SSSR count). The average molecular weight is 459 g/mol. The molecule has 0 saturated carbocycles. The van der Waals surface area contributed by atoms with Crippen molar-refractivity contribution in [1.29, 1.82) is 0 Å². The van der Waals surface area contributed by atoms with Crippen molar-refractivity contribution in [2.75, 3.05) is 25.1 Å². The van der Waals surface area contributed by atoms with Gasteiger partial charge in [0.05, 0.1) is 17.9 Å². The van der Waals surface area contributed by atoms with E-state index in [9.17, 15) is 9.59 Å². The summed E-state index contributed by atoms with van der Waals surface area (Å²) in [6.45, 7) is 5.34. The molecule has 176 valence electrons. The lowest BCUT2D eigenvalue weighted by Gasteiger charge is -2.40. The maximum Gasteiger partial charge on any atom is 0.342 e. The summed E-state index contributed by atoms with van der Waals surface area (Å²) < 4.78 is 11.1. The number of ether oxygens (including phenoxy) is 1. The summed E-state index contributed by atoms with van der Waals surface area (Å²) >= 11 is 0. The van der Waals surface area contributed by atoms with Crippen LogP contribution in [-0.2, 0) is 16.1 Å². The van der Waals surface area contributed by atoms with Crippen molar-refractivity contribution < 1.29 is 13.9 Å². The van der Waals surface area contributed by atoms with E-state index in [4.69, 9.17) is 9.15 Å². The number of esters is 1. The molecule has 0 N–H and O–H groups in total. The number of benzene rings is 2. The van der Waals surface area contributed by atoms with Crippen molar-refractivity contribution in [1.82, 2.24) is 4.90 Å². The highest BCUT2D eigenvalue weighted by atomic mass is 16.5. The molecule has 3 heterocycles. The molecule has 0 unspecified atom stereocenters. The minimum absolute atomic E-state index is 0.0172. The molecule has 2 aliphatic heterocycles. The zero-order chi connectivity index (χ0) is 23.8. The smallest absolute Gasteiger partial charge is 0.342 e. The Balaban J connectivity index is 1.66. The van der Waals surface area contributed by atoms with Crippen LogP contribution < -0.4 is 10.5 Å². The van der Waals surface area contributed by atoms with Gasteiger partial charge in [-0.25, -0.2) is 4.79 Å². The number of hydrogen-bond donors (Lipinski definition) is 0. The van der Waals surface area contributed by atoms with Gasteiger partial charge in [-0.15, -0.1) is 0 Å². The van der Waals surface area contributed by atoms with Crippen molar-refractivity contribution in [3.63, 3.8) is 0 Å². The standard InChI is InChI=1S/C28H30N2O4/c1-4-33-28(32)26-23(20-13-9-6-10-14-20)21-17-30(16-19-11-7-5-8-12-19)22-15-18(2)34-27(31)24(22)25(21)29(26)3/h5-15,21,23,25-26H,4,16-17H2,1-3H3/t21-,23-,25+,26+/m1/s1. The van der Waals surface area contributed by atoms with Gasteiger partial charge in [-0.05, 0) is 32.0 Å². The van der Waals surface area contributed by atoms with Gasteiger partial charge < -0.3 is 14.1 Å². The van der Waals surface area contributed by atoms with Gasteiger partial charge in [-0.2, -0.15) is 0 Å². The molecule has 6 heteroatoms. The molecule has 6 nitrogen and oxygen atoms in total. The number of fused-ring (bicyclic) bond motifs is 3. The van der Waals surface area contributed by atoms with Crippen LogP contribution in [-0.4, -0.2) is 37.1 Å². The predicted molar refractivity (Wildman–Crippen MR) is 131 cm³/mol. The fourth-order valence-corrected chi connectivity index (χ4v) is 5.88. The summed E-state index contributed by atoms with van der Waals surface area (Å²) in [5.41, 5.74) is 3.45. The van der Waals surface area contributed by atoms with Crippen LogP contribution in [0.4, 0.5) is 5.69 Å². The normalized spacial score (nSPS) is 23.9. The first-order chi connectivity index (χ1) is 16.5. The predicted octanol–water partition coefficient (Wildman–Crippen LogP) is 4.29. The van der Waals surface area contributed by atoms with Crippen molar-refractivity contribution >= 4 is 11.7 Å². The van der Waals surface area contributed by atoms with E-state index in [0.29, 0.717) is 24.5 Å². The van der Waals surface area contributed by atoms with E-state index in [0.717, 1.165) is 17.8 Å². The van der Waals surface area contributed by atoms with Crippen LogP contribution in [0.2, 0.25) is 0 Å². The molecule has 34 heavy (non-hydrogen) atoms. The maximum absolute atomic E-state index is 13.3. The quantitative estimate of drug-likeness (QED) is 0.532. The highest BCUT2D eigenvalue weighted by Crippen LogP contribution is 2.53. The van der Waals surface area contributed by atoms with Gasteiger partial charge >= 0.3 is 11.6 Å². The lowest BCUT2D eigenvalue weighted by atomic mass is 9.77. The number of rotatable bonds is 5. The molecule has 0 aliphatic carbocycles. The van der Waals surface area contributed by atoms with E-state index < -0.39 is 6.04 Å². The Morgan fingerprint density at radius 2 is 1.76 bits per heavy atom. The molecule has 0 radical (unpaired) electrons. The van der Waals surface area contributed by atoms with Crippen molar-refractivity contribution in [2.24, 2.45) is 5.92 Å². The Kier molecular flexibility index (Phi) is 6.00. The maximum atomic E-state index is 13.3. The van der Waals surface area contributed by atoms with E-state index in [1.807, 2.05) is 61.3 Å². The topological polar surface area (TPSA) is 63.0 Å². The van der Waals surface area contributed by atoms with Crippen molar-refractivity contribution in [3.05, 3.63) is 99.6 Å². The Hall–Kier alpha value is -3.38. The largest absolute Gasteiger partial charge is 0.465 e. The third kappa shape index (κ3) is 3.82. The summed E-state index contributed by atoms with van der Waals surface area (Å²) in [7, 11) is 1.93. The molecule has 1 fully saturated rings. The highest BCUT2D eigenvalue weighted by Gasteiger charge is 2.55. The minimum Gasteiger partial charge on any atom is -0.465 e. The molecule has 3 aromatic rings. The van der Waals surface area contributed by atoms with Gasteiger partial charge in [0.15, 0.2) is 0 Å². The van der Waals surface area contributed by atoms with Crippen LogP contribution in [0.15, 0.2) is 75.9 Å². The molecule has 1 saturated heterocycles. The van der Waals surface area contributed by atoms with Gasteiger partial charge in [0.1, 0.15) is 11.8 Å². The lowest BCUT2D eigenvalue weighted by Crippen LogP contribution is -2.42. The van der Waals surface area contributed by atoms with Crippen LogP contribution in [0.3, 0.4) is 0 Å². The first-order valence-electron chi connectivity index (χ1n) is 11.9. The summed E-state index contributed by atoms with van der Waals surface area (Å²) in [5, 5.41) is 0. The molecule has 4 atom stereocenters. The third-order valence-electron chi connectivity index (χ3n) is 7.17. The molecule has 2 aliphatic rings. The van der Waals surface area contributed by atoms with E-state index in [-0.39, 0.29) is 29.5 Å². The molecule has 2 aromatic carbocycles. The minimum atomic E-state index is -0.484. The van der Waals surface area contributed by atoms with E-state index >= 15 is 0 Å². The monoisotopic (exact) mass is 458 g/mol. The number of aryl methyl sites for hydroxylation is 1. The SMILES string of the molecule is CCOC(=O)[C@@H]1[C@H](c2ccccc2)[C@H]2CN(Cc3ccccc3)c3cc(C)oc(=O)c3[C@H]2N1C. The number of nitrogens with zero attached hydrogens (tertiary/aromatic N) is 2. The van der Waals surface area contributed by atoms with Crippen LogP contribution in [0, 0.1) is 12.8 Å². The lowest BCUT2D eigenvalue weighted by molar-refractivity contribution is -0.148. The Bertz CT molecular complexity index is 1220. The second kappa shape index (κ2) is 9.11. The number of likely N-dealkylation sites (tertiary alicyclic amines) is 1. The second-order valence-electron chi connectivity index (χ2n) is 9.22. The van der Waals surface area contributed by atoms with Crippen LogP contribution in [0.25, 0.3) is 0 Å². The molecule has 0 bridgehead atoms. The van der Waals surface area contributed by atoms with Gasteiger partial charge in [0.2, 0.25) is 0 Å². The van der Waals surface area contributed by atoms with Crippen molar-refractivity contribution in [2.45, 2.75) is 38.4 Å². The van der Waals surface area contributed by atoms with Gasteiger partial charge in [-0.3, -0.25) is 9.69 Å². The van der Waals surface area contributed by atoms with E-state index in [1.165, 1.54) is 5.56 Å². The zero-order valence-electron chi connectivity index (χ0n) is 19.8. The van der Waals surface area contributed by atoms with Crippen molar-refractivity contribution in [3.8, 4) is 0 Å². The Morgan fingerprint density at radius 1 is 1.09 bits per heavy atom. The molecular weight excluding hydrogens is 428 g/mol. The number of carbonyl (C=O) groups is 1. The molecule has 0 spiro atoms. The highest BCUT2D eigenvalue weighted by molar-refractivity contribution is 5.78. The fraction of sp³-hybridized carbons (Fsp3) is 0.357. The number of anilines is 1. The number of likely N-dealkylation sites (N-methyl/N-ethyl adjacent to an activating group) is 1. The first-order valence-corrected chi connectivity index (χ1v) is 11.9. The van der Waals surface area contributed by atoms with E-state index in [1.54, 1.807) is 6.92 Å². The number of hydrogen-bond acceptors (Lipinski definition) is 6. The number of carbonyl (C=O) groups excluding carboxylic acids is 1. The molecule has 0 amide bonds. The Labute approximate surface area is 199 Å². The van der Waals surface area contributed by atoms with Gasteiger partial charge in [-0.1, -0.05) is 60.7 Å². The Morgan fingerprint density at radius 3 is 2.44 bits per heavy atom. The molecular formula is C28H30N2O4. The molecule has 1 aromatic heterocycles. The van der Waals surface area contributed by atoms with E-state index in [2.05, 4.69) is 29.2 Å². The summed E-state index contributed by atoms with van der Waals surface area (Å²) in [5.74, 6) is 0.245. The van der Waals surface area contributed by atoms with Gasteiger partial charge in [0.25, 0.3) is 0 Å². The zero-order valence-corrected chi connectivity index (χ0v) is 19.8. The van der Waals surface area contributed by atoms with Crippen LogP contribution in [0.1, 0.15) is 41.3 Å².